The normalized spacial score (nSPS) is 18.9. The first kappa shape index (κ1) is 21.8. The number of benzene rings is 1. The highest BCUT2D eigenvalue weighted by molar-refractivity contribution is 5.80. The minimum Gasteiger partial charge on any atom is -0.493 e. The molecule has 162 valence electrons. The molecule has 0 spiro atoms. The third-order valence-corrected chi connectivity index (χ3v) is 5.71. The average molecular weight is 404 g/mol. The molecule has 1 aliphatic carbocycles. The lowest BCUT2D eigenvalue weighted by atomic mass is 10.1. The Bertz CT molecular complexity index is 651. The van der Waals surface area contributed by atoms with Crippen LogP contribution in [0, 0.1) is 0 Å². The highest BCUT2D eigenvalue weighted by Gasteiger charge is 2.22. The first-order valence-corrected chi connectivity index (χ1v) is 11.2. The number of piperidine rings is 1. The summed E-state index contributed by atoms with van der Waals surface area (Å²) in [6.45, 7) is 8.42. The second-order valence-corrected chi connectivity index (χ2v) is 7.82. The van der Waals surface area contributed by atoms with Crippen molar-refractivity contribution in [1.82, 2.24) is 10.2 Å². The van der Waals surface area contributed by atoms with Crippen LogP contribution in [0.15, 0.2) is 23.2 Å². The molecule has 0 bridgehead atoms. The highest BCUT2D eigenvalue weighted by atomic mass is 16.5. The molecule has 29 heavy (non-hydrogen) atoms. The molecule has 2 fully saturated rings. The van der Waals surface area contributed by atoms with E-state index in [1.54, 1.807) is 7.11 Å². The summed E-state index contributed by atoms with van der Waals surface area (Å²) in [4.78, 5) is 7.25. The maximum Gasteiger partial charge on any atom is 0.194 e. The molecule has 0 aromatic heterocycles. The van der Waals surface area contributed by atoms with Gasteiger partial charge in [-0.05, 0) is 70.1 Å². The number of hydrogen-bond acceptors (Lipinski definition) is 4. The monoisotopic (exact) mass is 403 g/mol. The number of likely N-dealkylation sites (tertiary alicyclic amines) is 1. The van der Waals surface area contributed by atoms with Gasteiger partial charge in [-0.3, -0.25) is 0 Å². The summed E-state index contributed by atoms with van der Waals surface area (Å²) in [6.07, 6.45) is 7.58. The second-order valence-electron chi connectivity index (χ2n) is 7.82. The van der Waals surface area contributed by atoms with Crippen LogP contribution in [0.1, 0.15) is 57.9 Å². The fourth-order valence-electron chi connectivity index (χ4n) is 4.16. The SMILES string of the molecule is CCNC(=NCc1ccc(OC)c(OC2CCCC2)c1)N1CCC(OCC)CC1. The number of aliphatic imine (C=N–C) groups is 1. The standard InChI is InChI=1S/C23H37N3O3/c1-4-24-23(26-14-12-19(13-15-26)28-5-2)25-17-18-10-11-21(27-3)22(16-18)29-20-8-6-7-9-20/h10-11,16,19-20H,4-9,12-15,17H2,1-3H3,(H,24,25). The molecule has 1 aromatic carbocycles. The van der Waals surface area contributed by atoms with Crippen LogP contribution in [0.5, 0.6) is 11.5 Å². The van der Waals surface area contributed by atoms with Crippen molar-refractivity contribution in [2.24, 2.45) is 4.99 Å². The van der Waals surface area contributed by atoms with Gasteiger partial charge in [-0.1, -0.05) is 6.07 Å². The van der Waals surface area contributed by atoms with Gasteiger partial charge in [0.05, 0.1) is 25.9 Å². The maximum absolute atomic E-state index is 6.23. The first-order chi connectivity index (χ1) is 14.2. The molecule has 1 N–H and O–H groups in total. The molecule has 1 aliphatic heterocycles. The molecular formula is C23H37N3O3. The molecule has 0 unspecified atom stereocenters. The Balaban J connectivity index is 1.65. The fourth-order valence-corrected chi connectivity index (χ4v) is 4.16. The molecule has 1 aromatic rings. The molecule has 6 nitrogen and oxygen atoms in total. The van der Waals surface area contributed by atoms with Gasteiger partial charge in [-0.2, -0.15) is 0 Å². The summed E-state index contributed by atoms with van der Waals surface area (Å²) in [7, 11) is 1.70. The van der Waals surface area contributed by atoms with Crippen molar-refractivity contribution in [2.45, 2.75) is 71.1 Å². The van der Waals surface area contributed by atoms with Crippen molar-refractivity contribution in [3.63, 3.8) is 0 Å². The first-order valence-electron chi connectivity index (χ1n) is 11.2. The summed E-state index contributed by atoms with van der Waals surface area (Å²) in [5.74, 6) is 2.63. The fraction of sp³-hybridized carbons (Fsp3) is 0.696. The number of nitrogens with one attached hydrogen (secondary N) is 1. The van der Waals surface area contributed by atoms with E-state index in [0.717, 1.165) is 74.9 Å². The third kappa shape index (κ3) is 6.26. The van der Waals surface area contributed by atoms with Crippen LogP contribution in [0.3, 0.4) is 0 Å². The number of rotatable bonds is 8. The van der Waals surface area contributed by atoms with E-state index in [2.05, 4.69) is 36.2 Å². The van der Waals surface area contributed by atoms with Crippen LogP contribution in [0.25, 0.3) is 0 Å². The number of guanidine groups is 1. The minimum absolute atomic E-state index is 0.312. The van der Waals surface area contributed by atoms with E-state index in [4.69, 9.17) is 19.2 Å². The molecule has 1 saturated carbocycles. The van der Waals surface area contributed by atoms with Crippen molar-refractivity contribution >= 4 is 5.96 Å². The summed E-state index contributed by atoms with van der Waals surface area (Å²) < 4.78 is 17.5. The molecule has 6 heteroatoms. The van der Waals surface area contributed by atoms with Crippen molar-refractivity contribution in [1.29, 1.82) is 0 Å². The largest absolute Gasteiger partial charge is 0.493 e. The van der Waals surface area contributed by atoms with E-state index < -0.39 is 0 Å². The van der Waals surface area contributed by atoms with Gasteiger partial charge in [-0.25, -0.2) is 4.99 Å². The number of nitrogens with zero attached hydrogens (tertiary/aromatic N) is 2. The van der Waals surface area contributed by atoms with Crippen molar-refractivity contribution in [3.05, 3.63) is 23.8 Å². The Morgan fingerprint density at radius 2 is 1.83 bits per heavy atom. The average Bonchev–Trinajstić information content (AvgIpc) is 3.25. The van der Waals surface area contributed by atoms with Gasteiger partial charge in [0.15, 0.2) is 17.5 Å². The van der Waals surface area contributed by atoms with E-state index in [1.165, 1.54) is 12.8 Å². The van der Waals surface area contributed by atoms with Crippen LogP contribution in [0.2, 0.25) is 0 Å². The Hall–Kier alpha value is -1.95. The zero-order chi connectivity index (χ0) is 20.5. The van der Waals surface area contributed by atoms with Gasteiger partial charge in [0.25, 0.3) is 0 Å². The topological polar surface area (TPSA) is 55.3 Å². The molecule has 0 atom stereocenters. The third-order valence-electron chi connectivity index (χ3n) is 5.71. The van der Waals surface area contributed by atoms with Gasteiger partial charge < -0.3 is 24.4 Å². The lowest BCUT2D eigenvalue weighted by molar-refractivity contribution is 0.0263. The van der Waals surface area contributed by atoms with Crippen LogP contribution < -0.4 is 14.8 Å². The number of ether oxygens (including phenoxy) is 3. The summed E-state index contributed by atoms with van der Waals surface area (Å²) in [5, 5.41) is 3.44. The van der Waals surface area contributed by atoms with E-state index in [0.29, 0.717) is 18.8 Å². The van der Waals surface area contributed by atoms with Crippen LogP contribution >= 0.6 is 0 Å². The summed E-state index contributed by atoms with van der Waals surface area (Å²) in [6, 6.07) is 6.16. The highest BCUT2D eigenvalue weighted by Crippen LogP contribution is 2.32. The zero-order valence-electron chi connectivity index (χ0n) is 18.3. The maximum atomic E-state index is 6.23. The van der Waals surface area contributed by atoms with Gasteiger partial charge in [0.1, 0.15) is 0 Å². The Labute approximate surface area is 175 Å². The number of hydrogen-bond donors (Lipinski definition) is 1. The summed E-state index contributed by atoms with van der Waals surface area (Å²) >= 11 is 0. The van der Waals surface area contributed by atoms with E-state index in [-0.39, 0.29) is 0 Å². The van der Waals surface area contributed by atoms with Gasteiger partial charge in [0, 0.05) is 26.2 Å². The lowest BCUT2D eigenvalue weighted by Gasteiger charge is -2.34. The Morgan fingerprint density at radius 3 is 2.48 bits per heavy atom. The molecule has 3 rings (SSSR count). The van der Waals surface area contributed by atoms with E-state index in [9.17, 15) is 0 Å². The predicted octanol–water partition coefficient (Wildman–Crippen LogP) is 3.98. The van der Waals surface area contributed by atoms with Gasteiger partial charge >= 0.3 is 0 Å². The van der Waals surface area contributed by atoms with E-state index in [1.807, 2.05) is 6.07 Å². The summed E-state index contributed by atoms with van der Waals surface area (Å²) in [5.41, 5.74) is 1.14. The minimum atomic E-state index is 0.312. The second kappa shape index (κ2) is 11.3. The molecule has 0 radical (unpaired) electrons. The molecule has 0 amide bonds. The van der Waals surface area contributed by atoms with Crippen LogP contribution in [0.4, 0.5) is 0 Å². The van der Waals surface area contributed by atoms with Gasteiger partial charge in [-0.15, -0.1) is 0 Å². The molecular weight excluding hydrogens is 366 g/mol. The lowest BCUT2D eigenvalue weighted by Crippen LogP contribution is -2.47. The van der Waals surface area contributed by atoms with Crippen molar-refractivity contribution in [3.8, 4) is 11.5 Å². The van der Waals surface area contributed by atoms with Crippen molar-refractivity contribution in [2.75, 3.05) is 33.4 Å². The quantitative estimate of drug-likeness (QED) is 0.526. The predicted molar refractivity (Wildman–Crippen MR) is 117 cm³/mol. The molecule has 2 aliphatic rings. The molecule has 1 heterocycles. The Kier molecular flexibility index (Phi) is 8.47. The van der Waals surface area contributed by atoms with Crippen LogP contribution in [-0.2, 0) is 11.3 Å². The molecule has 1 saturated heterocycles. The van der Waals surface area contributed by atoms with E-state index >= 15 is 0 Å². The van der Waals surface area contributed by atoms with Gasteiger partial charge in [0.2, 0.25) is 0 Å². The van der Waals surface area contributed by atoms with Crippen molar-refractivity contribution < 1.29 is 14.2 Å². The Morgan fingerprint density at radius 1 is 1.07 bits per heavy atom. The smallest absolute Gasteiger partial charge is 0.194 e. The zero-order valence-corrected chi connectivity index (χ0v) is 18.3. The van der Waals surface area contributed by atoms with Crippen LogP contribution in [-0.4, -0.2) is 56.4 Å². The number of methoxy groups -OCH3 is 1.